The number of fused-ring (bicyclic) bond motifs is 3. The fourth-order valence-corrected chi connectivity index (χ4v) is 4.67. The number of nitrogens with zero attached hydrogens (tertiary/aromatic N) is 3. The van der Waals surface area contributed by atoms with Crippen LogP contribution in [0.25, 0.3) is 0 Å². The first-order chi connectivity index (χ1) is 12.3. The van der Waals surface area contributed by atoms with Crippen molar-refractivity contribution in [3.63, 3.8) is 0 Å². The molecule has 2 aromatic rings. The van der Waals surface area contributed by atoms with E-state index in [1.807, 2.05) is 6.20 Å². The predicted molar refractivity (Wildman–Crippen MR) is 96.5 cm³/mol. The molecule has 5 nitrogen and oxygen atoms in total. The average molecular weight is 338 g/mol. The van der Waals surface area contributed by atoms with E-state index in [9.17, 15) is 0 Å². The molecule has 0 amide bonds. The highest BCUT2D eigenvalue weighted by Crippen LogP contribution is 2.35. The van der Waals surface area contributed by atoms with Crippen LogP contribution in [0.5, 0.6) is 5.75 Å². The molecule has 0 aliphatic carbocycles. The summed E-state index contributed by atoms with van der Waals surface area (Å²) in [6, 6.07) is 8.78. The van der Waals surface area contributed by atoms with Gasteiger partial charge in [-0.05, 0) is 37.1 Å². The molecule has 0 radical (unpaired) electrons. The highest BCUT2D eigenvalue weighted by Gasteiger charge is 2.42. The maximum atomic E-state index is 6.45. The predicted octanol–water partition coefficient (Wildman–Crippen LogP) is 2.59. The summed E-state index contributed by atoms with van der Waals surface area (Å²) in [5.74, 6) is 1.03. The molecule has 0 saturated carbocycles. The van der Waals surface area contributed by atoms with E-state index in [1.54, 1.807) is 0 Å². The van der Waals surface area contributed by atoms with Crippen molar-refractivity contribution in [2.75, 3.05) is 26.2 Å². The Kier molecular flexibility index (Phi) is 3.79. The van der Waals surface area contributed by atoms with E-state index in [1.165, 1.54) is 49.2 Å². The van der Waals surface area contributed by atoms with E-state index in [2.05, 4.69) is 44.3 Å². The summed E-state index contributed by atoms with van der Waals surface area (Å²) < 4.78 is 6.45. The molecule has 1 unspecified atom stereocenters. The summed E-state index contributed by atoms with van der Waals surface area (Å²) in [6.07, 6.45) is 6.67. The smallest absolute Gasteiger partial charge is 0.123 e. The van der Waals surface area contributed by atoms with Crippen LogP contribution in [0.1, 0.15) is 36.1 Å². The lowest BCUT2D eigenvalue weighted by molar-refractivity contribution is 0.0452. The third-order valence-corrected chi connectivity index (χ3v) is 6.05. The van der Waals surface area contributed by atoms with Crippen molar-refractivity contribution < 1.29 is 4.74 Å². The van der Waals surface area contributed by atoms with Gasteiger partial charge in [0.1, 0.15) is 11.4 Å². The number of rotatable bonds is 4. The van der Waals surface area contributed by atoms with Crippen molar-refractivity contribution in [1.29, 1.82) is 0 Å². The minimum absolute atomic E-state index is 0.0737. The summed E-state index contributed by atoms with van der Waals surface area (Å²) >= 11 is 0. The molecule has 2 atom stereocenters. The van der Waals surface area contributed by atoms with Crippen LogP contribution in [0, 0.1) is 0 Å². The van der Waals surface area contributed by atoms with Gasteiger partial charge < -0.3 is 4.74 Å². The Morgan fingerprint density at radius 1 is 1.12 bits per heavy atom. The lowest BCUT2D eigenvalue weighted by Crippen LogP contribution is -2.43. The van der Waals surface area contributed by atoms with Crippen LogP contribution in [0.3, 0.4) is 0 Å². The molecule has 1 aromatic carbocycles. The molecule has 1 aromatic heterocycles. The second kappa shape index (κ2) is 6.15. The third kappa shape index (κ3) is 3.07. The fraction of sp³-hybridized carbons (Fsp3) is 0.550. The van der Waals surface area contributed by atoms with E-state index >= 15 is 0 Å². The Morgan fingerprint density at radius 3 is 2.96 bits per heavy atom. The first-order valence-corrected chi connectivity index (χ1v) is 9.52. The van der Waals surface area contributed by atoms with Crippen molar-refractivity contribution >= 4 is 0 Å². The number of hydrogen-bond donors (Lipinski definition) is 1. The standard InChI is InChI=1S/C20H26N4O/c1-7-20(8-11-23(9-1)15-20)25-18-4-2-16(3-5-18)13-24-10-6-19-17(14-24)12-21-22-19/h2-5,12H,1,6-11,13-15H2,(H,21,22)/t20-/m1/s1. The molecule has 2 bridgehead atoms. The first-order valence-electron chi connectivity index (χ1n) is 9.52. The highest BCUT2D eigenvalue weighted by atomic mass is 16.5. The molecule has 2 saturated heterocycles. The van der Waals surface area contributed by atoms with Crippen molar-refractivity contribution in [3.05, 3.63) is 47.3 Å². The summed E-state index contributed by atoms with van der Waals surface area (Å²) in [4.78, 5) is 5.03. The summed E-state index contributed by atoms with van der Waals surface area (Å²) in [5, 5.41) is 7.26. The molecule has 3 aliphatic heterocycles. The minimum Gasteiger partial charge on any atom is -0.486 e. The van der Waals surface area contributed by atoms with Crippen molar-refractivity contribution in [3.8, 4) is 5.75 Å². The summed E-state index contributed by atoms with van der Waals surface area (Å²) in [5.41, 5.74) is 4.07. The Bertz CT molecular complexity index is 736. The van der Waals surface area contributed by atoms with Gasteiger partial charge in [-0.25, -0.2) is 0 Å². The molecule has 132 valence electrons. The van der Waals surface area contributed by atoms with Crippen LogP contribution in [-0.4, -0.2) is 51.8 Å². The van der Waals surface area contributed by atoms with E-state index in [-0.39, 0.29) is 5.60 Å². The van der Waals surface area contributed by atoms with Gasteiger partial charge in [-0.3, -0.25) is 14.9 Å². The quantitative estimate of drug-likeness (QED) is 0.931. The largest absolute Gasteiger partial charge is 0.486 e. The topological polar surface area (TPSA) is 44.4 Å². The highest BCUT2D eigenvalue weighted by molar-refractivity contribution is 5.29. The molecule has 4 heterocycles. The number of hydrogen-bond acceptors (Lipinski definition) is 4. The normalized spacial score (nSPS) is 28.7. The SMILES string of the molecule is c1cc(O[C@]23CCCN(CC2)C3)ccc1CN1CCc2[nH]ncc2C1. The Balaban J connectivity index is 1.22. The minimum atomic E-state index is 0.0737. The Hall–Kier alpha value is -1.85. The lowest BCUT2D eigenvalue weighted by atomic mass is 9.94. The van der Waals surface area contributed by atoms with Crippen molar-refractivity contribution in [2.45, 2.75) is 44.4 Å². The molecular formula is C20H26N4O. The van der Waals surface area contributed by atoms with Gasteiger partial charge in [-0.2, -0.15) is 5.10 Å². The third-order valence-electron chi connectivity index (χ3n) is 6.05. The Labute approximate surface area is 149 Å². The van der Waals surface area contributed by atoms with Gasteiger partial charge in [0.05, 0.1) is 6.20 Å². The number of aromatic nitrogens is 2. The number of ether oxygens (including phenoxy) is 1. The number of benzene rings is 1. The molecule has 25 heavy (non-hydrogen) atoms. The van der Waals surface area contributed by atoms with Gasteiger partial charge in [0.15, 0.2) is 0 Å². The van der Waals surface area contributed by atoms with Gasteiger partial charge in [0, 0.05) is 56.8 Å². The summed E-state index contributed by atoms with van der Waals surface area (Å²) in [7, 11) is 0. The molecule has 2 fully saturated rings. The van der Waals surface area contributed by atoms with E-state index < -0.39 is 0 Å². The number of H-pyrrole nitrogens is 1. The van der Waals surface area contributed by atoms with Crippen LogP contribution < -0.4 is 4.74 Å². The Morgan fingerprint density at radius 2 is 2.04 bits per heavy atom. The fourth-order valence-electron chi connectivity index (χ4n) is 4.67. The van der Waals surface area contributed by atoms with Crippen LogP contribution >= 0.6 is 0 Å². The van der Waals surface area contributed by atoms with Gasteiger partial charge in [-0.1, -0.05) is 12.1 Å². The first kappa shape index (κ1) is 15.4. The van der Waals surface area contributed by atoms with Gasteiger partial charge in [0.2, 0.25) is 0 Å². The number of aromatic amines is 1. The number of piperidine rings is 1. The van der Waals surface area contributed by atoms with Crippen LogP contribution in [-0.2, 0) is 19.5 Å². The average Bonchev–Trinajstić information content (AvgIpc) is 3.20. The zero-order valence-electron chi connectivity index (χ0n) is 14.7. The monoisotopic (exact) mass is 338 g/mol. The van der Waals surface area contributed by atoms with Gasteiger partial charge in [0.25, 0.3) is 0 Å². The van der Waals surface area contributed by atoms with E-state index in [4.69, 9.17) is 4.74 Å². The van der Waals surface area contributed by atoms with Crippen molar-refractivity contribution in [2.24, 2.45) is 0 Å². The molecular weight excluding hydrogens is 312 g/mol. The van der Waals surface area contributed by atoms with Crippen LogP contribution in [0.2, 0.25) is 0 Å². The molecule has 3 aliphatic rings. The molecule has 1 N–H and O–H groups in total. The lowest BCUT2D eigenvalue weighted by Gasteiger charge is -2.34. The molecule has 5 rings (SSSR count). The van der Waals surface area contributed by atoms with E-state index in [0.717, 1.165) is 38.3 Å². The maximum absolute atomic E-state index is 6.45. The second-order valence-corrected chi connectivity index (χ2v) is 7.89. The van der Waals surface area contributed by atoms with Gasteiger partial charge in [-0.15, -0.1) is 0 Å². The van der Waals surface area contributed by atoms with Crippen molar-refractivity contribution in [1.82, 2.24) is 20.0 Å². The van der Waals surface area contributed by atoms with Crippen LogP contribution in [0.15, 0.2) is 30.5 Å². The zero-order valence-corrected chi connectivity index (χ0v) is 14.7. The number of nitrogens with one attached hydrogen (secondary N) is 1. The molecule has 5 heteroatoms. The van der Waals surface area contributed by atoms with E-state index in [0.29, 0.717) is 0 Å². The summed E-state index contributed by atoms with van der Waals surface area (Å²) in [6.45, 7) is 6.62. The second-order valence-electron chi connectivity index (χ2n) is 7.89. The van der Waals surface area contributed by atoms with Crippen LogP contribution in [0.4, 0.5) is 0 Å². The van der Waals surface area contributed by atoms with Gasteiger partial charge >= 0.3 is 0 Å². The zero-order chi connectivity index (χ0) is 16.7. The maximum Gasteiger partial charge on any atom is 0.123 e. The molecule has 0 spiro atoms.